The van der Waals surface area contributed by atoms with Gasteiger partial charge < -0.3 is 25.0 Å². The van der Waals surface area contributed by atoms with E-state index in [0.717, 1.165) is 36.3 Å². The van der Waals surface area contributed by atoms with Crippen LogP contribution in [0.4, 0.5) is 0 Å². The fourth-order valence-corrected chi connectivity index (χ4v) is 6.91. The van der Waals surface area contributed by atoms with Gasteiger partial charge in [-0.3, -0.25) is 14.4 Å². The van der Waals surface area contributed by atoms with Crippen LogP contribution < -0.4 is 10.1 Å². The lowest BCUT2D eigenvalue weighted by Gasteiger charge is -2.44. The highest BCUT2D eigenvalue weighted by molar-refractivity contribution is 5.81. The number of likely N-dealkylation sites (tertiary alicyclic amines) is 1. The van der Waals surface area contributed by atoms with Crippen molar-refractivity contribution in [3.05, 3.63) is 65.7 Å². The summed E-state index contributed by atoms with van der Waals surface area (Å²) in [7, 11) is 0. The van der Waals surface area contributed by atoms with Crippen molar-refractivity contribution >= 4 is 17.8 Å². The second-order valence-corrected chi connectivity index (χ2v) is 11.8. The molecule has 0 spiro atoms. The van der Waals surface area contributed by atoms with Gasteiger partial charge in [-0.1, -0.05) is 55.3 Å². The summed E-state index contributed by atoms with van der Waals surface area (Å²) in [6.45, 7) is 2.17. The molecule has 41 heavy (non-hydrogen) atoms. The number of ether oxygens (including phenoxy) is 1. The second kappa shape index (κ2) is 14.0. The molecule has 2 N–H and O–H groups in total. The smallest absolute Gasteiger partial charge is 0.322 e. The van der Waals surface area contributed by atoms with Crippen LogP contribution in [-0.2, 0) is 27.5 Å². The van der Waals surface area contributed by atoms with Crippen LogP contribution in [0, 0.1) is 5.92 Å². The van der Waals surface area contributed by atoms with Crippen molar-refractivity contribution in [3.63, 3.8) is 0 Å². The standard InChI is InChI=1S/C33H43N3O5/c37-30(35-21-7-11-26-10-4-5-12-28(26)35)13-6-14-31(38)36(29-19-20-34-32(29)33(39)40)22-24-15-17-27(18-16-24)41-23-25-8-2-1-3-9-25/h1-3,8-9,15-18,26,28-29,32,34H,4-7,10-14,19-23H2,(H,39,40)/t26?,28?,29?,32-/m0/s1. The summed E-state index contributed by atoms with van der Waals surface area (Å²) in [4.78, 5) is 42.5. The first kappa shape index (κ1) is 29.1. The number of rotatable bonds is 11. The van der Waals surface area contributed by atoms with E-state index in [1.165, 1.54) is 25.7 Å². The Morgan fingerprint density at radius 3 is 2.44 bits per heavy atom. The lowest BCUT2D eigenvalue weighted by molar-refractivity contribution is -0.143. The van der Waals surface area contributed by atoms with Gasteiger partial charge in [-0.15, -0.1) is 0 Å². The lowest BCUT2D eigenvalue weighted by Crippen LogP contribution is -2.50. The molecular formula is C33H43N3O5. The van der Waals surface area contributed by atoms with Crippen LogP contribution in [0.25, 0.3) is 0 Å². The average Bonchev–Trinajstić information content (AvgIpc) is 3.50. The average molecular weight is 562 g/mol. The van der Waals surface area contributed by atoms with E-state index < -0.39 is 18.1 Å². The third kappa shape index (κ3) is 7.47. The number of aliphatic carboxylic acids is 1. The summed E-state index contributed by atoms with van der Waals surface area (Å²) in [5.41, 5.74) is 1.99. The zero-order valence-electron chi connectivity index (χ0n) is 23.9. The van der Waals surface area contributed by atoms with Gasteiger partial charge in [0.05, 0.1) is 6.04 Å². The van der Waals surface area contributed by atoms with Gasteiger partial charge in [0.25, 0.3) is 0 Å². The van der Waals surface area contributed by atoms with Crippen molar-refractivity contribution in [3.8, 4) is 5.75 Å². The van der Waals surface area contributed by atoms with E-state index in [9.17, 15) is 19.5 Å². The molecule has 1 saturated carbocycles. The van der Waals surface area contributed by atoms with Crippen molar-refractivity contribution < 1.29 is 24.2 Å². The lowest BCUT2D eigenvalue weighted by atomic mass is 9.78. The number of nitrogens with zero attached hydrogens (tertiary/aromatic N) is 2. The molecule has 0 aromatic heterocycles. The van der Waals surface area contributed by atoms with Gasteiger partial charge in [0, 0.05) is 32.0 Å². The first-order valence-corrected chi connectivity index (χ1v) is 15.3. The number of carbonyl (C=O) groups excluding carboxylic acids is 2. The van der Waals surface area contributed by atoms with E-state index in [1.807, 2.05) is 54.6 Å². The number of fused-ring (bicyclic) bond motifs is 1. The van der Waals surface area contributed by atoms with Crippen LogP contribution in [0.2, 0.25) is 0 Å². The van der Waals surface area contributed by atoms with Crippen LogP contribution in [0.15, 0.2) is 54.6 Å². The van der Waals surface area contributed by atoms with Gasteiger partial charge in [-0.2, -0.15) is 0 Å². The number of hydrogen-bond acceptors (Lipinski definition) is 5. The van der Waals surface area contributed by atoms with Crippen LogP contribution in [0.1, 0.15) is 75.3 Å². The van der Waals surface area contributed by atoms with Crippen LogP contribution in [0.5, 0.6) is 5.75 Å². The first-order chi connectivity index (χ1) is 20.0. The number of nitrogens with one attached hydrogen (secondary N) is 1. The maximum atomic E-state index is 13.6. The topological polar surface area (TPSA) is 99.2 Å². The number of benzene rings is 2. The molecule has 2 saturated heterocycles. The molecule has 2 aromatic rings. The van der Waals surface area contributed by atoms with Gasteiger partial charge in [0.2, 0.25) is 11.8 Å². The Morgan fingerprint density at radius 1 is 0.902 bits per heavy atom. The second-order valence-electron chi connectivity index (χ2n) is 11.8. The molecule has 2 amide bonds. The minimum atomic E-state index is -0.947. The summed E-state index contributed by atoms with van der Waals surface area (Å²) in [5, 5.41) is 12.8. The fourth-order valence-electron chi connectivity index (χ4n) is 6.91. The summed E-state index contributed by atoms with van der Waals surface area (Å²) in [6, 6.07) is 16.7. The van der Waals surface area contributed by atoms with E-state index >= 15 is 0 Å². The zero-order chi connectivity index (χ0) is 28.6. The van der Waals surface area contributed by atoms with E-state index in [1.54, 1.807) is 4.90 Å². The number of carbonyl (C=O) groups is 3. The zero-order valence-corrected chi connectivity index (χ0v) is 23.9. The normalized spacial score (nSPS) is 24.0. The quantitative estimate of drug-likeness (QED) is 0.411. The molecule has 3 fully saturated rings. The molecular weight excluding hydrogens is 518 g/mol. The van der Waals surface area contributed by atoms with Crippen LogP contribution in [-0.4, -0.2) is 63.9 Å². The van der Waals surface area contributed by atoms with Crippen LogP contribution in [0.3, 0.4) is 0 Å². The molecule has 1 aliphatic carbocycles. The third-order valence-corrected chi connectivity index (χ3v) is 9.05. The predicted octanol–water partition coefficient (Wildman–Crippen LogP) is 4.76. The van der Waals surface area contributed by atoms with Gasteiger partial charge in [0.1, 0.15) is 18.4 Å². The molecule has 0 radical (unpaired) electrons. The Bertz CT molecular complexity index is 1170. The van der Waals surface area contributed by atoms with E-state index in [-0.39, 0.29) is 18.2 Å². The summed E-state index contributed by atoms with van der Waals surface area (Å²) in [6.07, 6.45) is 8.73. The molecule has 0 bridgehead atoms. The van der Waals surface area contributed by atoms with E-state index in [0.29, 0.717) is 50.9 Å². The summed E-state index contributed by atoms with van der Waals surface area (Å²) in [5.74, 6) is 0.487. The van der Waals surface area contributed by atoms with Crippen LogP contribution >= 0.6 is 0 Å². The van der Waals surface area contributed by atoms with Crippen molar-refractivity contribution in [2.75, 3.05) is 13.1 Å². The summed E-state index contributed by atoms with van der Waals surface area (Å²) < 4.78 is 5.90. The highest BCUT2D eigenvalue weighted by Crippen LogP contribution is 2.35. The predicted molar refractivity (Wildman–Crippen MR) is 156 cm³/mol. The minimum Gasteiger partial charge on any atom is -0.489 e. The van der Waals surface area contributed by atoms with Crippen molar-refractivity contribution in [2.24, 2.45) is 5.92 Å². The molecule has 2 heterocycles. The highest BCUT2D eigenvalue weighted by Gasteiger charge is 2.39. The molecule has 2 aliphatic heterocycles. The molecule has 8 nitrogen and oxygen atoms in total. The SMILES string of the molecule is O=C(O)[C@H]1NCCC1N(Cc1ccc(OCc2ccccc2)cc1)C(=O)CCCC(=O)N1CCCC2CCCCC21. The maximum absolute atomic E-state index is 13.6. The third-order valence-electron chi connectivity index (χ3n) is 9.05. The monoisotopic (exact) mass is 561 g/mol. The molecule has 8 heteroatoms. The molecule has 4 atom stereocenters. The molecule has 220 valence electrons. The molecule has 3 unspecified atom stereocenters. The Kier molecular flexibility index (Phi) is 9.93. The van der Waals surface area contributed by atoms with Gasteiger partial charge >= 0.3 is 5.97 Å². The van der Waals surface area contributed by atoms with Crippen molar-refractivity contribution in [2.45, 2.75) is 95.5 Å². The van der Waals surface area contributed by atoms with Gasteiger partial charge in [-0.05, 0) is 74.2 Å². The minimum absolute atomic E-state index is 0.101. The Hall–Kier alpha value is -3.39. The fraction of sp³-hybridized carbons (Fsp3) is 0.545. The van der Waals surface area contributed by atoms with Crippen molar-refractivity contribution in [1.82, 2.24) is 15.1 Å². The first-order valence-electron chi connectivity index (χ1n) is 15.3. The number of carboxylic acids is 1. The molecule has 5 rings (SSSR count). The number of carboxylic acid groups (broad SMARTS) is 1. The van der Waals surface area contributed by atoms with E-state index in [4.69, 9.17) is 4.74 Å². The summed E-state index contributed by atoms with van der Waals surface area (Å²) >= 11 is 0. The van der Waals surface area contributed by atoms with Gasteiger partial charge in [-0.25, -0.2) is 0 Å². The largest absolute Gasteiger partial charge is 0.489 e. The Balaban J connectivity index is 1.19. The maximum Gasteiger partial charge on any atom is 0.322 e. The molecule has 2 aromatic carbocycles. The Morgan fingerprint density at radius 2 is 1.66 bits per heavy atom. The number of hydrogen-bond donors (Lipinski definition) is 2. The number of amides is 2. The Labute approximate surface area is 243 Å². The van der Waals surface area contributed by atoms with Gasteiger partial charge in [0.15, 0.2) is 0 Å². The van der Waals surface area contributed by atoms with E-state index in [2.05, 4.69) is 10.2 Å². The number of piperidine rings is 1. The molecule has 3 aliphatic rings. The highest BCUT2D eigenvalue weighted by atomic mass is 16.5. The van der Waals surface area contributed by atoms with Crippen molar-refractivity contribution in [1.29, 1.82) is 0 Å².